The molecule has 1 aromatic carbocycles. The first-order chi connectivity index (χ1) is 16.1. The van der Waals surface area contributed by atoms with Crippen LogP contribution < -0.4 is 0 Å². The molecule has 0 N–H and O–H groups in total. The van der Waals surface area contributed by atoms with Crippen molar-refractivity contribution in [3.05, 3.63) is 48.2 Å². The zero-order chi connectivity index (χ0) is 22.8. The molecule has 0 aliphatic heterocycles. The van der Waals surface area contributed by atoms with Crippen LogP contribution in [0.2, 0.25) is 0 Å². The zero-order valence-corrected chi connectivity index (χ0v) is 18.9. The molecule has 33 heavy (non-hydrogen) atoms. The molecule has 2 aliphatic rings. The van der Waals surface area contributed by atoms with Gasteiger partial charge in [0.05, 0.1) is 11.0 Å². The average Bonchev–Trinajstić information content (AvgIpc) is 3.18. The molecule has 7 heteroatoms. The summed E-state index contributed by atoms with van der Waals surface area (Å²) in [6.45, 7) is 0.0421. The van der Waals surface area contributed by atoms with Crippen molar-refractivity contribution >= 4 is 16.9 Å². The lowest BCUT2D eigenvalue weighted by atomic mass is 9.88. The molecule has 0 saturated heterocycles. The van der Waals surface area contributed by atoms with Gasteiger partial charge in [0.2, 0.25) is 5.91 Å². The minimum atomic E-state index is -0.947. The SMILES string of the molecule is O=C(Cn1c(-c2ccccn2)nc2cc(F)c(F)cc21)N(C1CCCCC1)C1CCCCC1. The minimum absolute atomic E-state index is 0.0371. The molecule has 2 aromatic heterocycles. The van der Waals surface area contributed by atoms with Crippen LogP contribution in [0.4, 0.5) is 8.78 Å². The predicted octanol–water partition coefficient (Wildman–Crippen LogP) is 5.87. The third-order valence-electron chi connectivity index (χ3n) is 7.20. The highest BCUT2D eigenvalue weighted by atomic mass is 19.2. The van der Waals surface area contributed by atoms with Crippen molar-refractivity contribution in [1.82, 2.24) is 19.4 Å². The first-order valence-electron chi connectivity index (χ1n) is 12.2. The van der Waals surface area contributed by atoms with E-state index in [0.29, 0.717) is 22.6 Å². The summed E-state index contributed by atoms with van der Waals surface area (Å²) >= 11 is 0. The molecule has 2 aliphatic carbocycles. The molecule has 1 amide bonds. The van der Waals surface area contributed by atoms with E-state index in [2.05, 4.69) is 14.9 Å². The fourth-order valence-corrected chi connectivity index (χ4v) is 5.61. The number of benzene rings is 1. The number of nitrogens with zero attached hydrogens (tertiary/aromatic N) is 4. The summed E-state index contributed by atoms with van der Waals surface area (Å²) in [5, 5.41) is 0. The van der Waals surface area contributed by atoms with E-state index in [1.54, 1.807) is 22.9 Å². The Labute approximate surface area is 192 Å². The number of imidazole rings is 1. The van der Waals surface area contributed by atoms with Gasteiger partial charge in [-0.15, -0.1) is 0 Å². The van der Waals surface area contributed by atoms with Gasteiger partial charge in [-0.2, -0.15) is 0 Å². The number of fused-ring (bicyclic) bond motifs is 1. The number of rotatable bonds is 5. The molecule has 2 heterocycles. The van der Waals surface area contributed by atoms with Crippen LogP contribution in [-0.4, -0.2) is 37.4 Å². The summed E-state index contributed by atoms with van der Waals surface area (Å²) in [5.74, 6) is -1.40. The van der Waals surface area contributed by atoms with Crippen molar-refractivity contribution < 1.29 is 13.6 Å². The Balaban J connectivity index is 1.54. The Bertz CT molecular complexity index is 1100. The van der Waals surface area contributed by atoms with Gasteiger partial charge in [-0.1, -0.05) is 44.6 Å². The van der Waals surface area contributed by atoms with Crippen molar-refractivity contribution in [3.8, 4) is 11.5 Å². The lowest BCUT2D eigenvalue weighted by Crippen LogP contribution is -2.50. The van der Waals surface area contributed by atoms with E-state index < -0.39 is 11.6 Å². The second-order valence-electron chi connectivity index (χ2n) is 9.38. The third kappa shape index (κ3) is 4.50. The van der Waals surface area contributed by atoms with Crippen molar-refractivity contribution in [2.75, 3.05) is 0 Å². The number of hydrogen-bond acceptors (Lipinski definition) is 3. The highest BCUT2D eigenvalue weighted by Crippen LogP contribution is 2.32. The fourth-order valence-electron chi connectivity index (χ4n) is 5.61. The molecule has 0 atom stereocenters. The van der Waals surface area contributed by atoms with Crippen LogP contribution in [0.1, 0.15) is 64.2 Å². The van der Waals surface area contributed by atoms with Gasteiger partial charge >= 0.3 is 0 Å². The van der Waals surface area contributed by atoms with Crippen molar-refractivity contribution in [1.29, 1.82) is 0 Å². The summed E-state index contributed by atoms with van der Waals surface area (Å²) in [5.41, 5.74) is 1.31. The summed E-state index contributed by atoms with van der Waals surface area (Å²) in [6, 6.07) is 8.20. The molecule has 174 valence electrons. The zero-order valence-electron chi connectivity index (χ0n) is 18.9. The molecule has 0 bridgehead atoms. The van der Waals surface area contributed by atoms with E-state index >= 15 is 0 Å². The average molecular weight is 453 g/mol. The van der Waals surface area contributed by atoms with Gasteiger partial charge in [-0.05, 0) is 37.8 Å². The van der Waals surface area contributed by atoms with Crippen LogP contribution >= 0.6 is 0 Å². The number of amides is 1. The molecule has 0 radical (unpaired) electrons. The lowest BCUT2D eigenvalue weighted by Gasteiger charge is -2.42. The van der Waals surface area contributed by atoms with Crippen LogP contribution in [0, 0.1) is 11.6 Å². The molecule has 0 spiro atoms. The molecular weight excluding hydrogens is 422 g/mol. The Kier molecular flexibility index (Phi) is 6.38. The molecular formula is C26H30F2N4O. The van der Waals surface area contributed by atoms with Crippen LogP contribution in [0.15, 0.2) is 36.5 Å². The summed E-state index contributed by atoms with van der Waals surface area (Å²) in [7, 11) is 0. The van der Waals surface area contributed by atoms with Crippen LogP contribution in [0.5, 0.6) is 0 Å². The third-order valence-corrected chi connectivity index (χ3v) is 7.20. The smallest absolute Gasteiger partial charge is 0.243 e. The lowest BCUT2D eigenvalue weighted by molar-refractivity contribution is -0.138. The molecule has 5 rings (SSSR count). The molecule has 3 aromatic rings. The quantitative estimate of drug-likeness (QED) is 0.486. The van der Waals surface area contributed by atoms with Gasteiger partial charge in [-0.25, -0.2) is 13.8 Å². The second-order valence-corrected chi connectivity index (χ2v) is 9.38. The van der Waals surface area contributed by atoms with E-state index in [0.717, 1.165) is 63.5 Å². The van der Waals surface area contributed by atoms with Gasteiger partial charge in [0.15, 0.2) is 17.5 Å². The normalized spacial score (nSPS) is 18.0. The van der Waals surface area contributed by atoms with Crippen molar-refractivity contribution in [3.63, 3.8) is 0 Å². The number of aromatic nitrogens is 3. The number of hydrogen-bond donors (Lipinski definition) is 0. The molecule has 2 saturated carbocycles. The minimum Gasteiger partial charge on any atom is -0.335 e. The van der Waals surface area contributed by atoms with Crippen molar-refractivity contribution in [2.24, 2.45) is 0 Å². The standard InChI is InChI=1S/C26H30F2N4O/c27-20-15-23-24(16-21(20)28)31(26(30-23)22-13-7-8-14-29-22)17-25(33)32(18-9-3-1-4-10-18)19-11-5-2-6-12-19/h7-8,13-16,18-19H,1-6,9-12,17H2. The van der Waals surface area contributed by atoms with E-state index in [1.165, 1.54) is 12.8 Å². The first-order valence-corrected chi connectivity index (χ1v) is 12.2. The summed E-state index contributed by atoms with van der Waals surface area (Å²) in [6.07, 6.45) is 12.9. The molecule has 2 fully saturated rings. The maximum atomic E-state index is 14.2. The Hall–Kier alpha value is -2.83. The topological polar surface area (TPSA) is 51.0 Å². The van der Waals surface area contributed by atoms with Crippen LogP contribution in [-0.2, 0) is 11.3 Å². The van der Waals surface area contributed by atoms with Gasteiger partial charge in [0, 0.05) is 30.4 Å². The van der Waals surface area contributed by atoms with E-state index in [1.807, 2.05) is 6.07 Å². The maximum Gasteiger partial charge on any atom is 0.243 e. The second kappa shape index (κ2) is 9.57. The number of carbonyl (C=O) groups is 1. The maximum absolute atomic E-state index is 14.2. The van der Waals surface area contributed by atoms with Gasteiger partial charge in [0.25, 0.3) is 0 Å². The van der Waals surface area contributed by atoms with E-state index in [9.17, 15) is 13.6 Å². The van der Waals surface area contributed by atoms with Gasteiger partial charge in [0.1, 0.15) is 12.2 Å². The largest absolute Gasteiger partial charge is 0.335 e. The fraction of sp³-hybridized carbons (Fsp3) is 0.500. The Morgan fingerprint density at radius 3 is 2.18 bits per heavy atom. The van der Waals surface area contributed by atoms with Gasteiger partial charge in [-0.3, -0.25) is 9.78 Å². The Morgan fingerprint density at radius 2 is 1.58 bits per heavy atom. The summed E-state index contributed by atoms with van der Waals surface area (Å²) < 4.78 is 29.9. The highest BCUT2D eigenvalue weighted by Gasteiger charge is 2.33. The van der Waals surface area contributed by atoms with Gasteiger partial charge < -0.3 is 9.47 Å². The summed E-state index contributed by atoms with van der Waals surface area (Å²) in [4.78, 5) is 25.0. The highest BCUT2D eigenvalue weighted by molar-refractivity contribution is 5.84. The number of carbonyl (C=O) groups excluding carboxylic acids is 1. The molecule has 0 unspecified atom stereocenters. The number of halogens is 2. The van der Waals surface area contributed by atoms with Crippen LogP contribution in [0.3, 0.4) is 0 Å². The van der Waals surface area contributed by atoms with Crippen LogP contribution in [0.25, 0.3) is 22.6 Å². The number of pyridine rings is 1. The first kappa shape index (κ1) is 22.0. The monoisotopic (exact) mass is 452 g/mol. The predicted molar refractivity (Wildman–Crippen MR) is 123 cm³/mol. The van der Waals surface area contributed by atoms with E-state index in [-0.39, 0.29) is 24.5 Å². The van der Waals surface area contributed by atoms with Crippen molar-refractivity contribution in [2.45, 2.75) is 82.8 Å². The van der Waals surface area contributed by atoms with E-state index in [4.69, 9.17) is 0 Å². The Morgan fingerprint density at radius 1 is 0.939 bits per heavy atom. The molecule has 5 nitrogen and oxygen atoms in total.